The van der Waals surface area contributed by atoms with Crippen molar-refractivity contribution in [3.05, 3.63) is 71.2 Å². The molecule has 0 unspecified atom stereocenters. The van der Waals surface area contributed by atoms with Crippen molar-refractivity contribution in [3.8, 4) is 0 Å². The van der Waals surface area contributed by atoms with Crippen molar-refractivity contribution < 1.29 is 19.2 Å². The monoisotopic (exact) mass is 691 g/mol. The van der Waals surface area contributed by atoms with E-state index in [2.05, 4.69) is 47.1 Å². The van der Waals surface area contributed by atoms with Gasteiger partial charge in [-0.3, -0.25) is 24.6 Å². The Balaban J connectivity index is 0.880. The summed E-state index contributed by atoms with van der Waals surface area (Å²) in [5.41, 5.74) is 5.05. The Labute approximate surface area is 295 Å². The largest absolute Gasteiger partial charge is 0.368 e. The van der Waals surface area contributed by atoms with Crippen LogP contribution < -0.4 is 15.5 Å². The zero-order chi connectivity index (χ0) is 35.2. The van der Waals surface area contributed by atoms with Gasteiger partial charge in [-0.05, 0) is 48.2 Å². The smallest absolute Gasteiger partial charge is 0.342 e. The Morgan fingerprint density at radius 1 is 0.941 bits per heavy atom. The van der Waals surface area contributed by atoms with Crippen LogP contribution in [0.3, 0.4) is 0 Å². The molecule has 0 bridgehead atoms. The fourth-order valence-corrected chi connectivity index (χ4v) is 7.62. The summed E-state index contributed by atoms with van der Waals surface area (Å²) in [6.07, 6.45) is 8.16. The van der Waals surface area contributed by atoms with Gasteiger partial charge in [-0.2, -0.15) is 4.98 Å². The van der Waals surface area contributed by atoms with E-state index >= 15 is 0 Å². The number of carbonyl (C=O) groups excluding carboxylic acids is 4. The number of hydrazine groups is 1. The van der Waals surface area contributed by atoms with Crippen LogP contribution in [-0.2, 0) is 17.9 Å². The lowest BCUT2D eigenvalue weighted by atomic mass is 10.1. The average molecular weight is 692 g/mol. The molecule has 8 rings (SSSR count). The van der Waals surface area contributed by atoms with Crippen LogP contribution in [0.5, 0.6) is 0 Å². The molecule has 1 aromatic carbocycles. The summed E-state index contributed by atoms with van der Waals surface area (Å²) in [5.74, 6) is 0.498. The van der Waals surface area contributed by atoms with E-state index in [-0.39, 0.29) is 36.7 Å². The van der Waals surface area contributed by atoms with E-state index in [0.29, 0.717) is 29.6 Å². The minimum Gasteiger partial charge on any atom is -0.368 e. The zero-order valence-electron chi connectivity index (χ0n) is 28.8. The van der Waals surface area contributed by atoms with Gasteiger partial charge in [0.25, 0.3) is 11.8 Å². The van der Waals surface area contributed by atoms with Gasteiger partial charge in [0.15, 0.2) is 0 Å². The van der Waals surface area contributed by atoms with E-state index < -0.39 is 6.03 Å². The van der Waals surface area contributed by atoms with Crippen LogP contribution in [0.4, 0.5) is 22.2 Å². The first-order chi connectivity index (χ1) is 24.7. The molecule has 15 nitrogen and oxygen atoms in total. The first-order valence-electron chi connectivity index (χ1n) is 17.6. The molecule has 1 saturated carbocycles. The molecule has 15 heteroatoms. The third kappa shape index (κ3) is 6.33. The first-order valence-corrected chi connectivity index (χ1v) is 17.6. The standard InChI is InChI=1S/C36H41N11O4/c1-42(2)34(50)29-18-24-19-38-35(41-32(24)47(29)26-5-3-4-6-26)39-30-10-8-27(20-37-30)44-15-13-43(14-16-44)21-23-7-9-28-25(17-23)22-46(33(28)49)45-12-11-31(48)40-36(45)51/h7-10,17-20,26H,3-6,11-16,21-22H2,1-2H3,(H,40,48,51)(H,37,38,39,41). The lowest BCUT2D eigenvalue weighted by Gasteiger charge is -2.36. The van der Waals surface area contributed by atoms with Crippen molar-refractivity contribution in [1.82, 2.24) is 44.7 Å². The molecular weight excluding hydrogens is 650 g/mol. The van der Waals surface area contributed by atoms with Crippen molar-refractivity contribution in [2.24, 2.45) is 0 Å². The molecule has 5 amide bonds. The number of nitrogens with one attached hydrogen (secondary N) is 2. The molecule has 6 heterocycles. The van der Waals surface area contributed by atoms with Gasteiger partial charge in [0.1, 0.15) is 17.2 Å². The van der Waals surface area contributed by atoms with Gasteiger partial charge in [0.2, 0.25) is 11.9 Å². The molecular formula is C36H41N11O4. The minimum atomic E-state index is -0.558. The van der Waals surface area contributed by atoms with Crippen LogP contribution in [0, 0.1) is 0 Å². The van der Waals surface area contributed by atoms with Crippen LogP contribution in [0.25, 0.3) is 11.0 Å². The van der Waals surface area contributed by atoms with Gasteiger partial charge in [0, 0.05) is 76.4 Å². The predicted octanol–water partition coefficient (Wildman–Crippen LogP) is 3.52. The van der Waals surface area contributed by atoms with Crippen molar-refractivity contribution >= 4 is 52.2 Å². The third-order valence-electron chi connectivity index (χ3n) is 10.3. The van der Waals surface area contributed by atoms with Gasteiger partial charge < -0.3 is 19.7 Å². The Morgan fingerprint density at radius 2 is 1.75 bits per heavy atom. The fraction of sp³-hybridized carbons (Fsp3) is 0.417. The second-order valence-electron chi connectivity index (χ2n) is 13.9. The number of anilines is 3. The van der Waals surface area contributed by atoms with E-state index in [0.717, 1.165) is 86.3 Å². The van der Waals surface area contributed by atoms with E-state index in [4.69, 9.17) is 4.98 Å². The number of urea groups is 1. The van der Waals surface area contributed by atoms with Crippen LogP contribution in [0.2, 0.25) is 0 Å². The highest BCUT2D eigenvalue weighted by Gasteiger charge is 2.37. The van der Waals surface area contributed by atoms with E-state index in [1.54, 1.807) is 25.2 Å². The number of hydrogen-bond acceptors (Lipinski definition) is 10. The second-order valence-corrected chi connectivity index (χ2v) is 13.9. The summed E-state index contributed by atoms with van der Waals surface area (Å²) >= 11 is 0. The normalized spacial score (nSPS) is 18.5. The number of hydrogen-bond donors (Lipinski definition) is 2. The summed E-state index contributed by atoms with van der Waals surface area (Å²) in [7, 11) is 3.54. The van der Waals surface area contributed by atoms with E-state index in [1.807, 2.05) is 30.5 Å². The molecule has 264 valence electrons. The average Bonchev–Trinajstić information content (AvgIpc) is 3.86. The molecule has 3 aromatic heterocycles. The number of rotatable bonds is 8. The van der Waals surface area contributed by atoms with Crippen molar-refractivity contribution in [2.45, 2.75) is 51.2 Å². The van der Waals surface area contributed by atoms with E-state index in [9.17, 15) is 19.2 Å². The van der Waals surface area contributed by atoms with Gasteiger partial charge in [-0.25, -0.2) is 24.8 Å². The second kappa shape index (κ2) is 13.3. The Hall–Kier alpha value is -5.57. The van der Waals surface area contributed by atoms with Gasteiger partial charge in [-0.15, -0.1) is 0 Å². The molecule has 1 aliphatic carbocycles. The molecule has 0 radical (unpaired) electrons. The number of fused-ring (bicyclic) bond motifs is 2. The summed E-state index contributed by atoms with van der Waals surface area (Å²) in [5, 5.41) is 9.15. The van der Waals surface area contributed by atoms with Crippen LogP contribution in [0.1, 0.15) is 70.1 Å². The predicted molar refractivity (Wildman–Crippen MR) is 189 cm³/mol. The molecule has 51 heavy (non-hydrogen) atoms. The van der Waals surface area contributed by atoms with Crippen molar-refractivity contribution in [3.63, 3.8) is 0 Å². The quantitative estimate of drug-likeness (QED) is 0.281. The highest BCUT2D eigenvalue weighted by atomic mass is 16.2. The number of benzene rings is 1. The number of piperazine rings is 1. The molecule has 2 saturated heterocycles. The Bertz CT molecular complexity index is 2010. The third-order valence-corrected chi connectivity index (χ3v) is 10.3. The van der Waals surface area contributed by atoms with E-state index in [1.165, 1.54) is 10.0 Å². The molecule has 3 aliphatic heterocycles. The molecule has 3 fully saturated rings. The topological polar surface area (TPSA) is 152 Å². The number of pyridine rings is 1. The summed E-state index contributed by atoms with van der Waals surface area (Å²) in [4.78, 5) is 70.3. The van der Waals surface area contributed by atoms with Gasteiger partial charge in [-0.1, -0.05) is 25.0 Å². The number of amides is 5. The number of nitrogens with zero attached hydrogens (tertiary/aromatic N) is 9. The Kier molecular flexibility index (Phi) is 8.50. The molecule has 4 aliphatic rings. The van der Waals surface area contributed by atoms with Crippen molar-refractivity contribution in [2.75, 3.05) is 57.0 Å². The van der Waals surface area contributed by atoms with Crippen LogP contribution in [-0.4, -0.2) is 110 Å². The lowest BCUT2D eigenvalue weighted by Crippen LogP contribution is -2.56. The SMILES string of the molecule is CN(C)C(=O)c1cc2cnc(Nc3ccc(N4CCN(Cc5ccc6c(c5)CN(N5CCC(=O)NC5=O)C6=O)CC4)cn3)nc2n1C1CCCC1. The molecule has 4 aromatic rings. The first kappa shape index (κ1) is 32.6. The zero-order valence-corrected chi connectivity index (χ0v) is 28.8. The van der Waals surface area contributed by atoms with Crippen molar-refractivity contribution in [1.29, 1.82) is 0 Å². The maximum absolute atomic E-state index is 13.0. The lowest BCUT2D eigenvalue weighted by molar-refractivity contribution is -0.123. The molecule has 2 N–H and O–H groups in total. The maximum atomic E-state index is 13.0. The maximum Gasteiger partial charge on any atom is 0.342 e. The van der Waals surface area contributed by atoms with Gasteiger partial charge in [0.05, 0.1) is 25.0 Å². The number of carbonyl (C=O) groups is 4. The summed E-state index contributed by atoms with van der Waals surface area (Å²) < 4.78 is 2.11. The number of aromatic nitrogens is 4. The fourth-order valence-electron chi connectivity index (χ4n) is 7.62. The highest BCUT2D eigenvalue weighted by molar-refractivity contribution is 6.02. The minimum absolute atomic E-state index is 0.0352. The number of imide groups is 1. The Morgan fingerprint density at radius 3 is 2.47 bits per heavy atom. The summed E-state index contributed by atoms with van der Waals surface area (Å²) in [6, 6.07) is 11.5. The molecule has 0 spiro atoms. The van der Waals surface area contributed by atoms with Crippen LogP contribution in [0.15, 0.2) is 48.8 Å². The van der Waals surface area contributed by atoms with Crippen LogP contribution >= 0.6 is 0 Å². The highest BCUT2D eigenvalue weighted by Crippen LogP contribution is 2.35. The molecule has 0 atom stereocenters. The van der Waals surface area contributed by atoms with Gasteiger partial charge >= 0.3 is 6.03 Å². The summed E-state index contributed by atoms with van der Waals surface area (Å²) in [6.45, 7) is 4.70.